The summed E-state index contributed by atoms with van der Waals surface area (Å²) < 4.78 is 4.64. The van der Waals surface area contributed by atoms with Crippen LogP contribution >= 0.6 is 0 Å². The molecule has 3 nitrogen and oxygen atoms in total. The van der Waals surface area contributed by atoms with E-state index < -0.39 is 17.5 Å². The Hall–Kier alpha value is -1.61. The third kappa shape index (κ3) is 2.31. The van der Waals surface area contributed by atoms with E-state index in [1.807, 2.05) is 6.07 Å². The van der Waals surface area contributed by atoms with Crippen molar-refractivity contribution < 1.29 is 14.6 Å². The maximum Gasteiger partial charge on any atom is 0.315 e. The first kappa shape index (κ1) is 12.5. The molecule has 2 atom stereocenters. The van der Waals surface area contributed by atoms with Gasteiger partial charge in [-0.05, 0) is 12.5 Å². The minimum Gasteiger partial charge on any atom is -0.468 e. The standard InChI is InChI=1S/C13H16O3/c1-4-11(12(14)16-3)13(2,15)10-8-6-5-7-9-10/h4-9,11,15H,1H2,2-3H3/t11-,13-/m0/s1. The minimum absolute atomic E-state index is 0.496. The molecule has 0 fully saturated rings. The van der Waals surface area contributed by atoms with Crippen molar-refractivity contribution in [2.24, 2.45) is 5.92 Å². The van der Waals surface area contributed by atoms with Gasteiger partial charge < -0.3 is 9.84 Å². The Labute approximate surface area is 95.4 Å². The molecule has 0 unspecified atom stereocenters. The molecule has 0 aliphatic rings. The van der Waals surface area contributed by atoms with Crippen LogP contribution in [0.15, 0.2) is 43.0 Å². The molecule has 0 heterocycles. The zero-order valence-electron chi connectivity index (χ0n) is 9.51. The van der Waals surface area contributed by atoms with Crippen LogP contribution in [0.5, 0.6) is 0 Å². The molecular formula is C13H16O3. The molecule has 0 aliphatic carbocycles. The zero-order chi connectivity index (χ0) is 12.2. The summed E-state index contributed by atoms with van der Waals surface area (Å²) >= 11 is 0. The second-order valence-electron chi connectivity index (χ2n) is 3.75. The van der Waals surface area contributed by atoms with Gasteiger partial charge in [0.15, 0.2) is 0 Å². The Morgan fingerprint density at radius 2 is 2.06 bits per heavy atom. The zero-order valence-corrected chi connectivity index (χ0v) is 9.51. The van der Waals surface area contributed by atoms with Crippen molar-refractivity contribution in [1.82, 2.24) is 0 Å². The topological polar surface area (TPSA) is 46.5 Å². The Bertz CT molecular complexity index is 368. The van der Waals surface area contributed by atoms with E-state index in [4.69, 9.17) is 0 Å². The van der Waals surface area contributed by atoms with E-state index in [1.54, 1.807) is 31.2 Å². The lowest BCUT2D eigenvalue weighted by atomic mass is 9.83. The number of aliphatic hydroxyl groups is 1. The van der Waals surface area contributed by atoms with Crippen molar-refractivity contribution in [3.8, 4) is 0 Å². The Morgan fingerprint density at radius 1 is 1.50 bits per heavy atom. The highest BCUT2D eigenvalue weighted by molar-refractivity contribution is 5.76. The number of benzene rings is 1. The van der Waals surface area contributed by atoms with Crippen LogP contribution in [-0.2, 0) is 15.1 Å². The summed E-state index contributed by atoms with van der Waals surface area (Å²) in [6, 6.07) is 8.99. The van der Waals surface area contributed by atoms with Crippen LogP contribution in [0.3, 0.4) is 0 Å². The van der Waals surface area contributed by atoms with E-state index in [1.165, 1.54) is 13.2 Å². The number of carbonyl (C=O) groups excluding carboxylic acids is 1. The van der Waals surface area contributed by atoms with Gasteiger partial charge in [-0.1, -0.05) is 36.4 Å². The van der Waals surface area contributed by atoms with Gasteiger partial charge in [0.1, 0.15) is 11.5 Å². The van der Waals surface area contributed by atoms with Crippen LogP contribution in [0.1, 0.15) is 12.5 Å². The average Bonchev–Trinajstić information content (AvgIpc) is 2.30. The fourth-order valence-corrected chi connectivity index (χ4v) is 1.64. The fourth-order valence-electron chi connectivity index (χ4n) is 1.64. The third-order valence-electron chi connectivity index (χ3n) is 2.65. The van der Waals surface area contributed by atoms with Gasteiger partial charge in [0.05, 0.1) is 7.11 Å². The molecule has 0 spiro atoms. The smallest absolute Gasteiger partial charge is 0.315 e. The van der Waals surface area contributed by atoms with Crippen LogP contribution in [-0.4, -0.2) is 18.2 Å². The summed E-state index contributed by atoms with van der Waals surface area (Å²) in [7, 11) is 1.29. The molecule has 0 saturated carbocycles. The van der Waals surface area contributed by atoms with Gasteiger partial charge >= 0.3 is 5.97 Å². The molecule has 1 N–H and O–H groups in total. The van der Waals surface area contributed by atoms with Crippen molar-refractivity contribution >= 4 is 5.97 Å². The van der Waals surface area contributed by atoms with Gasteiger partial charge in [0.25, 0.3) is 0 Å². The SMILES string of the molecule is C=C[C@@H](C(=O)OC)[C@@](C)(O)c1ccccc1. The predicted molar refractivity (Wildman–Crippen MR) is 61.7 cm³/mol. The highest BCUT2D eigenvalue weighted by atomic mass is 16.5. The maximum atomic E-state index is 11.5. The average molecular weight is 220 g/mol. The first-order valence-corrected chi connectivity index (χ1v) is 5.02. The molecule has 0 amide bonds. The number of carbonyl (C=O) groups is 1. The van der Waals surface area contributed by atoms with Crippen LogP contribution in [0, 0.1) is 5.92 Å². The molecule has 1 aromatic carbocycles. The van der Waals surface area contributed by atoms with E-state index in [0.717, 1.165) is 0 Å². The first-order valence-electron chi connectivity index (χ1n) is 5.02. The predicted octanol–water partition coefficient (Wildman–Crippen LogP) is 1.87. The summed E-state index contributed by atoms with van der Waals surface area (Å²) in [6.45, 7) is 5.14. The lowest BCUT2D eigenvalue weighted by molar-refractivity contribution is -0.152. The van der Waals surface area contributed by atoms with Crippen LogP contribution in [0.2, 0.25) is 0 Å². The van der Waals surface area contributed by atoms with Gasteiger partial charge in [-0.3, -0.25) is 4.79 Å². The van der Waals surface area contributed by atoms with Crippen molar-refractivity contribution in [3.05, 3.63) is 48.6 Å². The largest absolute Gasteiger partial charge is 0.468 e. The number of rotatable bonds is 4. The Kier molecular flexibility index (Phi) is 3.85. The Balaban J connectivity index is 3.08. The van der Waals surface area contributed by atoms with E-state index in [-0.39, 0.29) is 0 Å². The summed E-state index contributed by atoms with van der Waals surface area (Å²) in [6.07, 6.45) is 1.40. The quantitative estimate of drug-likeness (QED) is 0.622. The van der Waals surface area contributed by atoms with Crippen LogP contribution in [0.25, 0.3) is 0 Å². The molecule has 0 bridgehead atoms. The van der Waals surface area contributed by atoms with Crippen molar-refractivity contribution in [2.75, 3.05) is 7.11 Å². The number of hydrogen-bond acceptors (Lipinski definition) is 3. The van der Waals surface area contributed by atoms with Crippen LogP contribution < -0.4 is 0 Å². The molecule has 1 rings (SSSR count). The molecule has 3 heteroatoms. The second kappa shape index (κ2) is 4.94. The number of ether oxygens (including phenoxy) is 1. The molecule has 0 aliphatic heterocycles. The third-order valence-corrected chi connectivity index (χ3v) is 2.65. The molecular weight excluding hydrogens is 204 g/mol. The van der Waals surface area contributed by atoms with Crippen LogP contribution in [0.4, 0.5) is 0 Å². The molecule has 1 aromatic rings. The first-order chi connectivity index (χ1) is 7.54. The lowest BCUT2D eigenvalue weighted by Gasteiger charge is -2.29. The summed E-state index contributed by atoms with van der Waals surface area (Å²) in [5, 5.41) is 10.4. The molecule has 16 heavy (non-hydrogen) atoms. The molecule has 0 aromatic heterocycles. The van der Waals surface area contributed by atoms with E-state index >= 15 is 0 Å². The number of hydrogen-bond donors (Lipinski definition) is 1. The van der Waals surface area contributed by atoms with E-state index in [9.17, 15) is 9.90 Å². The fraction of sp³-hybridized carbons (Fsp3) is 0.308. The normalized spacial score (nSPS) is 15.9. The Morgan fingerprint density at radius 3 is 2.50 bits per heavy atom. The maximum absolute atomic E-state index is 11.5. The minimum atomic E-state index is -1.31. The van der Waals surface area contributed by atoms with Gasteiger partial charge in [-0.25, -0.2) is 0 Å². The summed E-state index contributed by atoms with van der Waals surface area (Å²) in [5.41, 5.74) is -0.652. The highest BCUT2D eigenvalue weighted by Gasteiger charge is 2.37. The molecule has 86 valence electrons. The number of esters is 1. The van der Waals surface area contributed by atoms with Gasteiger partial charge in [-0.15, -0.1) is 6.58 Å². The van der Waals surface area contributed by atoms with Gasteiger partial charge in [-0.2, -0.15) is 0 Å². The highest BCUT2D eigenvalue weighted by Crippen LogP contribution is 2.30. The monoisotopic (exact) mass is 220 g/mol. The van der Waals surface area contributed by atoms with Crippen molar-refractivity contribution in [1.29, 1.82) is 0 Å². The lowest BCUT2D eigenvalue weighted by Crippen LogP contribution is -2.36. The van der Waals surface area contributed by atoms with Crippen molar-refractivity contribution in [3.63, 3.8) is 0 Å². The second-order valence-corrected chi connectivity index (χ2v) is 3.75. The molecule has 0 radical (unpaired) electrons. The molecule has 0 saturated heterocycles. The van der Waals surface area contributed by atoms with Gasteiger partial charge in [0, 0.05) is 0 Å². The number of methoxy groups -OCH3 is 1. The summed E-state index contributed by atoms with van der Waals surface area (Å²) in [4.78, 5) is 11.5. The van der Waals surface area contributed by atoms with E-state index in [0.29, 0.717) is 5.56 Å². The van der Waals surface area contributed by atoms with Gasteiger partial charge in [0.2, 0.25) is 0 Å². The van der Waals surface area contributed by atoms with Crippen molar-refractivity contribution in [2.45, 2.75) is 12.5 Å². The summed E-state index contributed by atoms with van der Waals surface area (Å²) in [5.74, 6) is -1.27. The van der Waals surface area contributed by atoms with E-state index in [2.05, 4.69) is 11.3 Å².